The van der Waals surface area contributed by atoms with E-state index in [4.69, 9.17) is 0 Å². The van der Waals surface area contributed by atoms with Crippen molar-refractivity contribution in [1.29, 1.82) is 0 Å². The molecule has 9 heteroatoms. The van der Waals surface area contributed by atoms with Gasteiger partial charge in [-0.1, -0.05) is 24.3 Å². The molecule has 4 aliphatic rings. The Balaban J connectivity index is 1.23. The van der Waals surface area contributed by atoms with Gasteiger partial charge in [0.15, 0.2) is 5.82 Å². The minimum atomic E-state index is -0.601. The summed E-state index contributed by atoms with van der Waals surface area (Å²) in [5.74, 6) is 1.76. The number of hydrogen-bond donors (Lipinski definition) is 1. The van der Waals surface area contributed by atoms with E-state index in [1.165, 1.54) is 25.5 Å². The van der Waals surface area contributed by atoms with Crippen molar-refractivity contribution in [2.45, 2.75) is 57.5 Å². The molecule has 1 aromatic carbocycles. The summed E-state index contributed by atoms with van der Waals surface area (Å²) in [7, 11) is 0. The standard InChI is InChI=1S/C25H28N6O3/c1-16-4-2-3-5-20(16)14-29-7-6-22(27-29)26-24(32)23-21(31(33)34)15-30(28-23)25-11-17-8-18(12-25)10-19(9-17)13-25/h2-7,15,17-19H,8-14H2,1H3,(H,26,27,32). The summed E-state index contributed by atoms with van der Waals surface area (Å²) in [6.07, 6.45) is 10.1. The van der Waals surface area contributed by atoms with Gasteiger partial charge in [-0.2, -0.15) is 10.2 Å². The average Bonchev–Trinajstić information content (AvgIpc) is 3.42. The van der Waals surface area contributed by atoms with Crippen LogP contribution in [0.5, 0.6) is 0 Å². The smallest absolute Gasteiger partial charge is 0.303 e. The SMILES string of the molecule is Cc1ccccc1Cn1ccc(NC(=O)c2nn(C34CC5CC(CC(C5)C3)C4)cc2[N+](=O)[O-])n1. The van der Waals surface area contributed by atoms with Gasteiger partial charge in [-0.15, -0.1) is 0 Å². The monoisotopic (exact) mass is 460 g/mol. The molecule has 176 valence electrons. The maximum atomic E-state index is 13.1. The summed E-state index contributed by atoms with van der Waals surface area (Å²) in [4.78, 5) is 24.4. The normalized spacial score (nSPS) is 27.1. The fraction of sp³-hybridized carbons (Fsp3) is 0.480. The van der Waals surface area contributed by atoms with Crippen LogP contribution in [0, 0.1) is 34.8 Å². The molecular formula is C25H28N6O3. The topological polar surface area (TPSA) is 108 Å². The summed E-state index contributed by atoms with van der Waals surface area (Å²) >= 11 is 0. The van der Waals surface area contributed by atoms with Gasteiger partial charge in [-0.3, -0.25) is 24.3 Å². The number of aryl methyl sites for hydroxylation is 1. The van der Waals surface area contributed by atoms with Crippen molar-refractivity contribution >= 4 is 17.4 Å². The molecule has 0 aliphatic heterocycles. The van der Waals surface area contributed by atoms with Gasteiger partial charge in [0.05, 0.1) is 17.0 Å². The van der Waals surface area contributed by atoms with E-state index in [9.17, 15) is 14.9 Å². The second-order valence-corrected chi connectivity index (χ2v) is 10.5. The molecule has 34 heavy (non-hydrogen) atoms. The Morgan fingerprint density at radius 2 is 1.79 bits per heavy atom. The van der Waals surface area contributed by atoms with Crippen LogP contribution in [0.2, 0.25) is 0 Å². The maximum absolute atomic E-state index is 13.1. The Kier molecular flexibility index (Phi) is 4.82. The van der Waals surface area contributed by atoms with Crippen molar-refractivity contribution in [1.82, 2.24) is 19.6 Å². The lowest BCUT2D eigenvalue weighted by molar-refractivity contribution is -0.385. The molecule has 1 amide bonds. The molecule has 0 unspecified atom stereocenters. The molecule has 7 rings (SSSR count). The molecule has 0 atom stereocenters. The summed E-state index contributed by atoms with van der Waals surface area (Å²) in [5, 5.41) is 23.5. The van der Waals surface area contributed by atoms with Crippen molar-refractivity contribution in [3.05, 3.63) is 69.7 Å². The van der Waals surface area contributed by atoms with E-state index in [-0.39, 0.29) is 16.9 Å². The largest absolute Gasteiger partial charge is 0.320 e. The number of anilines is 1. The minimum absolute atomic E-state index is 0.144. The zero-order valence-electron chi connectivity index (χ0n) is 19.2. The molecule has 1 N–H and O–H groups in total. The first-order chi connectivity index (χ1) is 16.4. The molecule has 2 aromatic heterocycles. The molecule has 0 saturated heterocycles. The summed E-state index contributed by atoms with van der Waals surface area (Å²) in [5.41, 5.74) is 1.72. The lowest BCUT2D eigenvalue weighted by atomic mass is 9.53. The van der Waals surface area contributed by atoms with Gasteiger partial charge in [0, 0.05) is 12.3 Å². The van der Waals surface area contributed by atoms with Crippen LogP contribution in [-0.4, -0.2) is 30.4 Å². The van der Waals surface area contributed by atoms with E-state index in [0.29, 0.717) is 30.1 Å². The van der Waals surface area contributed by atoms with E-state index in [0.717, 1.165) is 30.4 Å². The highest BCUT2D eigenvalue weighted by Gasteiger charge is 2.53. The van der Waals surface area contributed by atoms with Crippen LogP contribution in [0.15, 0.2) is 42.7 Å². The van der Waals surface area contributed by atoms with Gasteiger partial charge >= 0.3 is 5.69 Å². The van der Waals surface area contributed by atoms with Gasteiger partial charge < -0.3 is 5.32 Å². The number of carbonyl (C=O) groups is 1. The van der Waals surface area contributed by atoms with Crippen molar-refractivity contribution in [2.24, 2.45) is 17.8 Å². The van der Waals surface area contributed by atoms with Crippen LogP contribution >= 0.6 is 0 Å². The van der Waals surface area contributed by atoms with Crippen molar-refractivity contribution < 1.29 is 9.72 Å². The summed E-state index contributed by atoms with van der Waals surface area (Å²) < 4.78 is 3.50. The first-order valence-electron chi connectivity index (χ1n) is 12.0. The Morgan fingerprint density at radius 3 is 2.44 bits per heavy atom. The highest BCUT2D eigenvalue weighted by Crippen LogP contribution is 2.58. The summed E-state index contributed by atoms with van der Waals surface area (Å²) in [6.45, 7) is 2.62. The van der Waals surface area contributed by atoms with Crippen LogP contribution in [0.1, 0.15) is 60.1 Å². The number of nitro groups is 1. The second-order valence-electron chi connectivity index (χ2n) is 10.5. The predicted octanol–water partition coefficient (Wildman–Crippen LogP) is 4.52. The predicted molar refractivity (Wildman–Crippen MR) is 125 cm³/mol. The fourth-order valence-electron chi connectivity index (χ4n) is 6.90. The maximum Gasteiger partial charge on any atom is 0.320 e. The highest BCUT2D eigenvalue weighted by molar-refractivity contribution is 6.05. The van der Waals surface area contributed by atoms with Gasteiger partial charge in [-0.05, 0) is 74.3 Å². The van der Waals surface area contributed by atoms with Crippen molar-refractivity contribution in [3.8, 4) is 0 Å². The molecule has 4 aliphatic carbocycles. The molecule has 2 heterocycles. The van der Waals surface area contributed by atoms with E-state index < -0.39 is 10.8 Å². The van der Waals surface area contributed by atoms with Gasteiger partial charge in [0.25, 0.3) is 5.91 Å². The second kappa shape index (κ2) is 7.78. The van der Waals surface area contributed by atoms with E-state index in [1.54, 1.807) is 21.6 Å². The lowest BCUT2D eigenvalue weighted by Crippen LogP contribution is -2.52. The van der Waals surface area contributed by atoms with Gasteiger partial charge in [0.1, 0.15) is 6.20 Å². The minimum Gasteiger partial charge on any atom is -0.303 e. The van der Waals surface area contributed by atoms with E-state index in [1.807, 2.05) is 31.2 Å². The lowest BCUT2D eigenvalue weighted by Gasteiger charge is -2.56. The molecular weight excluding hydrogens is 432 g/mol. The van der Waals surface area contributed by atoms with Crippen LogP contribution in [0.4, 0.5) is 11.5 Å². The first-order valence-corrected chi connectivity index (χ1v) is 12.0. The molecule has 4 fully saturated rings. The number of amides is 1. The molecule has 4 bridgehead atoms. The van der Waals surface area contributed by atoms with Crippen molar-refractivity contribution in [2.75, 3.05) is 5.32 Å². The Bertz CT molecular complexity index is 1240. The molecule has 0 radical (unpaired) electrons. The number of nitrogens with zero attached hydrogens (tertiary/aromatic N) is 5. The molecule has 4 saturated carbocycles. The summed E-state index contributed by atoms with van der Waals surface area (Å²) in [6, 6.07) is 9.74. The molecule has 9 nitrogen and oxygen atoms in total. The van der Waals surface area contributed by atoms with Crippen molar-refractivity contribution in [3.63, 3.8) is 0 Å². The Labute approximate surface area is 197 Å². The van der Waals surface area contributed by atoms with Crippen LogP contribution in [0.25, 0.3) is 0 Å². The highest BCUT2D eigenvalue weighted by atomic mass is 16.6. The number of benzene rings is 1. The Morgan fingerprint density at radius 1 is 1.12 bits per heavy atom. The number of nitrogens with one attached hydrogen (secondary N) is 1. The number of carbonyl (C=O) groups excluding carboxylic acids is 1. The number of aromatic nitrogens is 4. The Hall–Kier alpha value is -3.49. The zero-order valence-corrected chi connectivity index (χ0v) is 19.2. The van der Waals surface area contributed by atoms with E-state index >= 15 is 0 Å². The third kappa shape index (κ3) is 3.59. The number of hydrogen-bond acceptors (Lipinski definition) is 5. The molecule has 0 spiro atoms. The van der Waals surface area contributed by atoms with Crippen LogP contribution in [-0.2, 0) is 12.1 Å². The van der Waals surface area contributed by atoms with Gasteiger partial charge in [-0.25, -0.2) is 0 Å². The third-order valence-electron chi connectivity index (χ3n) is 8.07. The quantitative estimate of drug-likeness (QED) is 0.430. The zero-order chi connectivity index (χ0) is 23.4. The third-order valence-corrected chi connectivity index (χ3v) is 8.07. The van der Waals surface area contributed by atoms with Gasteiger partial charge in [0.2, 0.25) is 5.69 Å². The fourth-order valence-corrected chi connectivity index (χ4v) is 6.90. The van der Waals surface area contributed by atoms with E-state index in [2.05, 4.69) is 15.5 Å². The molecule has 3 aromatic rings. The first kappa shape index (κ1) is 21.1. The van der Waals surface area contributed by atoms with Crippen LogP contribution < -0.4 is 5.32 Å². The van der Waals surface area contributed by atoms with Crippen LogP contribution in [0.3, 0.4) is 0 Å². The average molecular weight is 461 g/mol. The number of rotatable bonds is 6.